The Morgan fingerprint density at radius 2 is 1.49 bits per heavy atom. The number of nitrogens with one attached hydrogen (secondary N) is 1. The standard InChI is InChI=1S/C27H27N3O5/c1-4-29-21-9-5-6-10-22(21)30(27(33)26(29)32)17-18-12-14-19(15-13-18)25(31)28-16-20-8-7-11-23(34-2)24(20)35-3/h5-15H,4,16-17H2,1-3H3,(H,28,31). The highest BCUT2D eigenvalue weighted by Gasteiger charge is 2.14. The first kappa shape index (κ1) is 23.8. The van der Waals surface area contributed by atoms with Gasteiger partial charge < -0.3 is 19.4 Å². The summed E-state index contributed by atoms with van der Waals surface area (Å²) in [5.74, 6) is 0.931. The van der Waals surface area contributed by atoms with E-state index < -0.39 is 11.1 Å². The third kappa shape index (κ3) is 4.68. The number of carbonyl (C=O) groups is 1. The molecule has 0 aliphatic rings. The van der Waals surface area contributed by atoms with Crippen molar-refractivity contribution in [3.8, 4) is 11.5 Å². The van der Waals surface area contributed by atoms with E-state index in [1.165, 1.54) is 9.13 Å². The number of fused-ring (bicyclic) bond motifs is 1. The van der Waals surface area contributed by atoms with Gasteiger partial charge in [0, 0.05) is 24.2 Å². The van der Waals surface area contributed by atoms with Gasteiger partial charge in [-0.1, -0.05) is 36.4 Å². The van der Waals surface area contributed by atoms with Crippen LogP contribution in [-0.2, 0) is 19.6 Å². The Labute approximate surface area is 202 Å². The van der Waals surface area contributed by atoms with Crippen LogP contribution >= 0.6 is 0 Å². The van der Waals surface area contributed by atoms with E-state index in [1.54, 1.807) is 44.6 Å². The minimum Gasteiger partial charge on any atom is -0.493 e. The van der Waals surface area contributed by atoms with E-state index in [4.69, 9.17) is 9.47 Å². The van der Waals surface area contributed by atoms with Crippen molar-refractivity contribution in [3.05, 3.63) is 104 Å². The summed E-state index contributed by atoms with van der Waals surface area (Å²) in [6.45, 7) is 2.75. The third-order valence-electron chi connectivity index (χ3n) is 5.93. The number of benzene rings is 3. The monoisotopic (exact) mass is 473 g/mol. The molecule has 1 N–H and O–H groups in total. The molecule has 0 unspecified atom stereocenters. The van der Waals surface area contributed by atoms with E-state index in [0.717, 1.165) is 11.1 Å². The van der Waals surface area contributed by atoms with Gasteiger partial charge in [-0.15, -0.1) is 0 Å². The van der Waals surface area contributed by atoms with E-state index >= 15 is 0 Å². The van der Waals surface area contributed by atoms with E-state index in [9.17, 15) is 14.4 Å². The maximum Gasteiger partial charge on any atom is 0.317 e. The van der Waals surface area contributed by atoms with Crippen molar-refractivity contribution in [2.24, 2.45) is 0 Å². The Morgan fingerprint density at radius 3 is 2.11 bits per heavy atom. The van der Waals surface area contributed by atoms with Crippen molar-refractivity contribution in [3.63, 3.8) is 0 Å². The Hall–Kier alpha value is -4.33. The van der Waals surface area contributed by atoms with Crippen LogP contribution in [0.15, 0.2) is 76.3 Å². The molecule has 0 bridgehead atoms. The zero-order valence-corrected chi connectivity index (χ0v) is 19.9. The number of nitrogens with zero attached hydrogens (tertiary/aromatic N) is 2. The maximum absolute atomic E-state index is 12.8. The van der Waals surface area contributed by atoms with Crippen LogP contribution in [0, 0.1) is 0 Å². The van der Waals surface area contributed by atoms with E-state index in [1.807, 2.05) is 43.3 Å². The lowest BCUT2D eigenvalue weighted by Gasteiger charge is -2.14. The van der Waals surface area contributed by atoms with Crippen molar-refractivity contribution in [1.82, 2.24) is 14.5 Å². The van der Waals surface area contributed by atoms with Gasteiger partial charge in [-0.25, -0.2) is 0 Å². The fourth-order valence-electron chi connectivity index (χ4n) is 4.16. The number of ether oxygens (including phenoxy) is 2. The summed E-state index contributed by atoms with van der Waals surface area (Å²) in [6, 6.07) is 19.8. The van der Waals surface area contributed by atoms with E-state index in [-0.39, 0.29) is 19.0 Å². The highest BCUT2D eigenvalue weighted by molar-refractivity contribution is 5.94. The number of rotatable bonds is 8. The minimum atomic E-state index is -0.570. The molecule has 1 amide bonds. The molecule has 180 valence electrons. The molecule has 0 spiro atoms. The third-order valence-corrected chi connectivity index (χ3v) is 5.93. The quantitative estimate of drug-likeness (QED) is 0.397. The number of aromatic nitrogens is 2. The molecule has 4 rings (SSSR count). The Kier molecular flexibility index (Phi) is 7.01. The predicted molar refractivity (Wildman–Crippen MR) is 134 cm³/mol. The first-order chi connectivity index (χ1) is 17.0. The van der Waals surface area contributed by atoms with Gasteiger partial charge in [0.25, 0.3) is 5.91 Å². The number of amides is 1. The smallest absolute Gasteiger partial charge is 0.317 e. The Bertz CT molecular complexity index is 1490. The van der Waals surface area contributed by atoms with E-state index in [0.29, 0.717) is 34.6 Å². The molecule has 8 heteroatoms. The zero-order valence-electron chi connectivity index (χ0n) is 19.9. The lowest BCUT2D eigenvalue weighted by atomic mass is 10.1. The summed E-state index contributed by atoms with van der Waals surface area (Å²) >= 11 is 0. The first-order valence-corrected chi connectivity index (χ1v) is 11.3. The molecule has 0 fully saturated rings. The lowest BCUT2D eigenvalue weighted by molar-refractivity contribution is 0.0950. The van der Waals surface area contributed by atoms with Gasteiger partial charge in [-0.2, -0.15) is 0 Å². The van der Waals surface area contributed by atoms with Gasteiger partial charge in [0.1, 0.15) is 0 Å². The Morgan fingerprint density at radius 1 is 0.829 bits per heavy atom. The molecule has 0 atom stereocenters. The van der Waals surface area contributed by atoms with Crippen molar-refractivity contribution < 1.29 is 14.3 Å². The second-order valence-electron chi connectivity index (χ2n) is 7.96. The summed E-state index contributed by atoms with van der Waals surface area (Å²) in [5, 5.41) is 2.89. The fourth-order valence-corrected chi connectivity index (χ4v) is 4.16. The number of carbonyl (C=O) groups excluding carboxylic acids is 1. The normalized spacial score (nSPS) is 10.8. The molecule has 0 saturated heterocycles. The second kappa shape index (κ2) is 10.3. The van der Waals surface area contributed by atoms with Gasteiger partial charge in [-0.3, -0.25) is 19.0 Å². The first-order valence-electron chi connectivity index (χ1n) is 11.3. The van der Waals surface area contributed by atoms with Crippen LogP contribution in [0.2, 0.25) is 0 Å². The SMILES string of the molecule is CCn1c(=O)c(=O)n(Cc2ccc(C(=O)NCc3cccc(OC)c3OC)cc2)c2ccccc21. The molecular weight excluding hydrogens is 446 g/mol. The molecule has 8 nitrogen and oxygen atoms in total. The highest BCUT2D eigenvalue weighted by atomic mass is 16.5. The van der Waals surface area contributed by atoms with Gasteiger partial charge in [-0.05, 0) is 42.8 Å². The van der Waals surface area contributed by atoms with Crippen molar-refractivity contribution >= 4 is 16.9 Å². The average Bonchev–Trinajstić information content (AvgIpc) is 2.90. The molecule has 1 aromatic heterocycles. The van der Waals surface area contributed by atoms with Gasteiger partial charge >= 0.3 is 11.1 Å². The Balaban J connectivity index is 1.53. The summed E-state index contributed by atoms with van der Waals surface area (Å²) in [6.07, 6.45) is 0. The maximum atomic E-state index is 12.8. The fraction of sp³-hybridized carbons (Fsp3) is 0.222. The van der Waals surface area contributed by atoms with Gasteiger partial charge in [0.15, 0.2) is 11.5 Å². The van der Waals surface area contributed by atoms with Crippen LogP contribution in [0.25, 0.3) is 11.0 Å². The van der Waals surface area contributed by atoms with Gasteiger partial charge in [0.05, 0.1) is 31.8 Å². The minimum absolute atomic E-state index is 0.224. The van der Waals surface area contributed by atoms with Crippen molar-refractivity contribution in [1.29, 1.82) is 0 Å². The zero-order chi connectivity index (χ0) is 24.9. The summed E-state index contributed by atoms with van der Waals surface area (Å²) < 4.78 is 13.7. The molecular formula is C27H27N3O5. The average molecular weight is 474 g/mol. The van der Waals surface area contributed by atoms with Crippen LogP contribution in [-0.4, -0.2) is 29.3 Å². The molecule has 35 heavy (non-hydrogen) atoms. The predicted octanol–water partition coefficient (Wildman–Crippen LogP) is 3.18. The van der Waals surface area contributed by atoms with Crippen molar-refractivity contribution in [2.75, 3.05) is 14.2 Å². The molecule has 3 aromatic carbocycles. The molecule has 0 aliphatic carbocycles. The summed E-state index contributed by atoms with van der Waals surface area (Å²) in [5.41, 5.74) is 2.36. The van der Waals surface area contributed by atoms with Crippen LogP contribution in [0.3, 0.4) is 0 Å². The molecule has 0 aliphatic heterocycles. The number of aryl methyl sites for hydroxylation is 1. The van der Waals surface area contributed by atoms with E-state index in [2.05, 4.69) is 5.32 Å². The molecule has 0 saturated carbocycles. The lowest BCUT2D eigenvalue weighted by Crippen LogP contribution is -2.41. The number of hydrogen-bond donors (Lipinski definition) is 1. The van der Waals surface area contributed by atoms with Gasteiger partial charge in [0.2, 0.25) is 0 Å². The van der Waals surface area contributed by atoms with Crippen LogP contribution < -0.4 is 25.9 Å². The summed E-state index contributed by atoms with van der Waals surface area (Å²) in [7, 11) is 3.12. The number of hydrogen-bond acceptors (Lipinski definition) is 5. The van der Waals surface area contributed by atoms with Crippen LogP contribution in [0.4, 0.5) is 0 Å². The van der Waals surface area contributed by atoms with Crippen LogP contribution in [0.5, 0.6) is 11.5 Å². The largest absolute Gasteiger partial charge is 0.493 e. The van der Waals surface area contributed by atoms with Crippen molar-refractivity contribution in [2.45, 2.75) is 26.6 Å². The van der Waals surface area contributed by atoms with Crippen LogP contribution in [0.1, 0.15) is 28.4 Å². The highest BCUT2D eigenvalue weighted by Crippen LogP contribution is 2.30. The second-order valence-corrected chi connectivity index (χ2v) is 7.96. The molecule has 0 radical (unpaired) electrons. The number of methoxy groups -OCH3 is 2. The summed E-state index contributed by atoms with van der Waals surface area (Å²) in [4.78, 5) is 38.1. The number of para-hydroxylation sites is 3. The molecule has 1 heterocycles. The molecule has 4 aromatic rings. The topological polar surface area (TPSA) is 91.6 Å².